The van der Waals surface area contributed by atoms with E-state index in [1.54, 1.807) is 5.57 Å². The lowest BCUT2D eigenvalue weighted by molar-refractivity contribution is 0.0507. The average Bonchev–Trinajstić information content (AvgIpc) is 3.11. The molecule has 2 aromatic rings. The van der Waals surface area contributed by atoms with E-state index in [0.29, 0.717) is 12.6 Å². The number of ether oxygens (including phenoxy) is 1. The summed E-state index contributed by atoms with van der Waals surface area (Å²) in [5, 5.41) is 0. The first-order valence-electron chi connectivity index (χ1n) is 12.1. The standard InChI is InChI=1S/C28H33NO2/c1-2-3-4-10-20-17-21-11-9-12-22(18-20)29(21)28(30)31-19-27-25-15-7-5-13-23(25)24-14-6-8-16-26(24)27/h5-8,13-17,21-22,27H,2-4,9-12,18-19H2,1H3. The molecular formula is C28H33NO2. The maximum Gasteiger partial charge on any atom is 0.410 e. The Morgan fingerprint density at radius 1 is 1.00 bits per heavy atom. The third kappa shape index (κ3) is 3.91. The van der Waals surface area contributed by atoms with E-state index in [1.165, 1.54) is 54.4 Å². The second-order valence-corrected chi connectivity index (χ2v) is 9.35. The first kappa shape index (κ1) is 20.4. The monoisotopic (exact) mass is 415 g/mol. The molecule has 162 valence electrons. The lowest BCUT2D eigenvalue weighted by Crippen LogP contribution is -2.52. The Labute approximate surface area is 186 Å². The molecular weight excluding hydrogens is 382 g/mol. The molecule has 0 N–H and O–H groups in total. The Morgan fingerprint density at radius 3 is 2.39 bits per heavy atom. The molecule has 2 unspecified atom stereocenters. The lowest BCUT2D eigenvalue weighted by atomic mass is 9.84. The second kappa shape index (κ2) is 8.90. The molecule has 3 aliphatic rings. The fourth-order valence-corrected chi connectivity index (χ4v) is 5.86. The number of amides is 1. The fraction of sp³-hybridized carbons (Fsp3) is 0.464. The molecule has 5 rings (SSSR count). The van der Waals surface area contributed by atoms with E-state index in [-0.39, 0.29) is 18.1 Å². The van der Waals surface area contributed by atoms with Crippen molar-refractivity contribution in [3.05, 3.63) is 71.3 Å². The zero-order valence-corrected chi connectivity index (χ0v) is 18.6. The Kier molecular flexibility index (Phi) is 5.85. The minimum atomic E-state index is -0.125. The van der Waals surface area contributed by atoms with Crippen LogP contribution < -0.4 is 0 Å². The minimum Gasteiger partial charge on any atom is -0.448 e. The van der Waals surface area contributed by atoms with Gasteiger partial charge in [-0.2, -0.15) is 0 Å². The molecule has 1 saturated heterocycles. The van der Waals surface area contributed by atoms with Crippen LogP contribution in [0.15, 0.2) is 60.2 Å². The Morgan fingerprint density at radius 2 is 1.71 bits per heavy atom. The van der Waals surface area contributed by atoms with Crippen LogP contribution >= 0.6 is 0 Å². The van der Waals surface area contributed by atoms with Gasteiger partial charge in [0.25, 0.3) is 0 Å². The molecule has 0 saturated carbocycles. The number of fused-ring (bicyclic) bond motifs is 5. The summed E-state index contributed by atoms with van der Waals surface area (Å²) < 4.78 is 6.01. The molecule has 2 atom stereocenters. The van der Waals surface area contributed by atoms with E-state index in [2.05, 4.69) is 66.4 Å². The van der Waals surface area contributed by atoms with Gasteiger partial charge in [-0.1, -0.05) is 79.9 Å². The zero-order chi connectivity index (χ0) is 21.2. The zero-order valence-electron chi connectivity index (χ0n) is 18.6. The molecule has 2 heterocycles. The minimum absolute atomic E-state index is 0.125. The highest BCUT2D eigenvalue weighted by molar-refractivity contribution is 5.79. The number of carbonyl (C=O) groups excluding carboxylic acids is 1. The van der Waals surface area contributed by atoms with E-state index < -0.39 is 0 Å². The highest BCUT2D eigenvalue weighted by Gasteiger charge is 2.38. The van der Waals surface area contributed by atoms with Crippen LogP contribution in [-0.4, -0.2) is 29.7 Å². The first-order chi connectivity index (χ1) is 15.3. The molecule has 0 aromatic heterocycles. The molecule has 0 spiro atoms. The van der Waals surface area contributed by atoms with Crippen LogP contribution in [0.5, 0.6) is 0 Å². The van der Waals surface area contributed by atoms with Crippen LogP contribution in [0.25, 0.3) is 11.1 Å². The second-order valence-electron chi connectivity index (χ2n) is 9.35. The summed E-state index contributed by atoms with van der Waals surface area (Å²) in [6, 6.07) is 17.6. The van der Waals surface area contributed by atoms with Crippen molar-refractivity contribution in [2.24, 2.45) is 0 Å². The smallest absolute Gasteiger partial charge is 0.410 e. The third-order valence-electron chi connectivity index (χ3n) is 7.36. The predicted octanol–water partition coefficient (Wildman–Crippen LogP) is 7.07. The SMILES string of the molecule is CCCCCC1=CC2CCCC(C1)N2C(=O)OCC1c2ccccc2-c2ccccc21. The molecule has 2 aromatic carbocycles. The van der Waals surface area contributed by atoms with Crippen molar-refractivity contribution in [3.63, 3.8) is 0 Å². The summed E-state index contributed by atoms with van der Waals surface area (Å²) >= 11 is 0. The number of benzene rings is 2. The quantitative estimate of drug-likeness (QED) is 0.373. The summed E-state index contributed by atoms with van der Waals surface area (Å²) in [5.74, 6) is 0.126. The summed E-state index contributed by atoms with van der Waals surface area (Å²) in [5.41, 5.74) is 6.65. The summed E-state index contributed by atoms with van der Waals surface area (Å²) in [6.45, 7) is 2.67. The third-order valence-corrected chi connectivity index (χ3v) is 7.36. The van der Waals surface area contributed by atoms with Gasteiger partial charge in [0, 0.05) is 12.0 Å². The Bertz CT molecular complexity index is 933. The maximum absolute atomic E-state index is 13.2. The summed E-state index contributed by atoms with van der Waals surface area (Å²) in [4.78, 5) is 15.3. The number of unbranched alkanes of at least 4 members (excludes halogenated alkanes) is 2. The van der Waals surface area contributed by atoms with Gasteiger partial charge in [-0.3, -0.25) is 4.90 Å². The molecule has 2 bridgehead atoms. The molecule has 3 nitrogen and oxygen atoms in total. The van der Waals surface area contributed by atoms with Crippen LogP contribution in [0.2, 0.25) is 0 Å². The average molecular weight is 416 g/mol. The van der Waals surface area contributed by atoms with Crippen LogP contribution in [0, 0.1) is 0 Å². The van der Waals surface area contributed by atoms with Crippen LogP contribution in [0.4, 0.5) is 4.79 Å². The van der Waals surface area contributed by atoms with Gasteiger partial charge < -0.3 is 4.74 Å². The van der Waals surface area contributed by atoms with E-state index in [9.17, 15) is 4.79 Å². The van der Waals surface area contributed by atoms with Crippen molar-refractivity contribution >= 4 is 6.09 Å². The van der Waals surface area contributed by atoms with Gasteiger partial charge in [0.2, 0.25) is 0 Å². The van der Waals surface area contributed by atoms with Gasteiger partial charge in [0.15, 0.2) is 0 Å². The molecule has 3 heteroatoms. The topological polar surface area (TPSA) is 29.5 Å². The number of hydrogen-bond donors (Lipinski definition) is 0. The fourth-order valence-electron chi connectivity index (χ4n) is 5.86. The van der Waals surface area contributed by atoms with Gasteiger partial charge in [-0.25, -0.2) is 4.79 Å². The van der Waals surface area contributed by atoms with Crippen molar-refractivity contribution in [1.29, 1.82) is 0 Å². The van der Waals surface area contributed by atoms with E-state index in [1.807, 2.05) is 0 Å². The highest BCUT2D eigenvalue weighted by atomic mass is 16.6. The molecule has 0 radical (unpaired) electrons. The van der Waals surface area contributed by atoms with Gasteiger partial charge in [0.1, 0.15) is 6.61 Å². The molecule has 1 aliphatic carbocycles. The molecule has 31 heavy (non-hydrogen) atoms. The molecule has 2 aliphatic heterocycles. The largest absolute Gasteiger partial charge is 0.448 e. The summed E-state index contributed by atoms with van der Waals surface area (Å²) in [6.07, 6.45) is 11.7. The van der Waals surface area contributed by atoms with Crippen LogP contribution in [0.3, 0.4) is 0 Å². The Balaban J connectivity index is 1.29. The van der Waals surface area contributed by atoms with Crippen LogP contribution in [-0.2, 0) is 4.74 Å². The molecule has 1 amide bonds. The predicted molar refractivity (Wildman–Crippen MR) is 125 cm³/mol. The number of nitrogens with zero attached hydrogens (tertiary/aromatic N) is 1. The number of piperidine rings is 1. The highest BCUT2D eigenvalue weighted by Crippen LogP contribution is 2.45. The van der Waals surface area contributed by atoms with Crippen molar-refractivity contribution in [2.45, 2.75) is 76.3 Å². The van der Waals surface area contributed by atoms with E-state index in [0.717, 1.165) is 19.3 Å². The van der Waals surface area contributed by atoms with Crippen molar-refractivity contribution in [3.8, 4) is 11.1 Å². The number of rotatable bonds is 6. The summed E-state index contributed by atoms with van der Waals surface area (Å²) in [7, 11) is 0. The maximum atomic E-state index is 13.2. The lowest BCUT2D eigenvalue weighted by Gasteiger charge is -2.44. The normalized spacial score (nSPS) is 22.0. The Hall–Kier alpha value is -2.55. The first-order valence-corrected chi connectivity index (χ1v) is 12.1. The van der Waals surface area contributed by atoms with Crippen molar-refractivity contribution in [1.82, 2.24) is 4.90 Å². The number of hydrogen-bond acceptors (Lipinski definition) is 2. The van der Waals surface area contributed by atoms with Crippen molar-refractivity contribution in [2.75, 3.05) is 6.61 Å². The van der Waals surface area contributed by atoms with Gasteiger partial charge in [-0.05, 0) is 60.8 Å². The van der Waals surface area contributed by atoms with E-state index in [4.69, 9.17) is 4.74 Å². The van der Waals surface area contributed by atoms with Gasteiger partial charge in [-0.15, -0.1) is 0 Å². The number of carbonyl (C=O) groups is 1. The molecule has 1 fully saturated rings. The van der Waals surface area contributed by atoms with Crippen LogP contribution in [0.1, 0.15) is 75.3 Å². The van der Waals surface area contributed by atoms with E-state index >= 15 is 0 Å². The van der Waals surface area contributed by atoms with Gasteiger partial charge >= 0.3 is 6.09 Å². The van der Waals surface area contributed by atoms with Gasteiger partial charge in [0.05, 0.1) is 6.04 Å². The van der Waals surface area contributed by atoms with Crippen molar-refractivity contribution < 1.29 is 9.53 Å².